The second-order valence-corrected chi connectivity index (χ2v) is 31.3. The van der Waals surface area contributed by atoms with E-state index in [1.54, 1.807) is 0 Å². The van der Waals surface area contributed by atoms with Crippen molar-refractivity contribution in [2.75, 3.05) is 112 Å². The molecular weight excluding hydrogens is 1000 g/mol. The summed E-state index contributed by atoms with van der Waals surface area (Å²) >= 11 is 8.24. The lowest BCUT2D eigenvalue weighted by Gasteiger charge is -2.44. The summed E-state index contributed by atoms with van der Waals surface area (Å²) in [4.78, 5) is 15.6. The maximum Gasteiger partial charge on any atom is 0.346 e. The first kappa shape index (κ1) is 53.5. The molecule has 2 aromatic carbocycles. The van der Waals surface area contributed by atoms with Gasteiger partial charge in [-0.05, 0) is 41.1 Å². The molecule has 0 radical (unpaired) electrons. The number of aliphatic imine (C=N–C) groups is 2. The van der Waals surface area contributed by atoms with Gasteiger partial charge in [-0.25, -0.2) is 9.98 Å². The fraction of sp³-hybridized carbons (Fsp3) is 0.704. The SMILES string of the molecule is CC(C)(C)[Si](OC[C@H]1CC[N+]2=C(N1)N[C@@H](CSC[C@H]1CCN3CC[C@H](CSC[C@H]4CCN5CC[C@H](CSC[C@H]6CC[N+]7=C(N[C@@H](CSCCN)CC7)N6)N=C5N4)NC3=N1)CC2)(c1ccccc1)c1ccccc1. The molecule has 0 aliphatic carbocycles. The van der Waals surface area contributed by atoms with Gasteiger partial charge in [0.1, 0.15) is 0 Å². The third-order valence-electron chi connectivity index (χ3n) is 16.2. The van der Waals surface area contributed by atoms with E-state index in [0.29, 0.717) is 48.9 Å². The van der Waals surface area contributed by atoms with Crippen molar-refractivity contribution in [1.29, 1.82) is 0 Å². The Labute approximate surface area is 455 Å². The van der Waals surface area contributed by atoms with E-state index in [9.17, 15) is 0 Å². The number of thioether (sulfide) groups is 4. The van der Waals surface area contributed by atoms with Crippen LogP contribution in [-0.4, -0.2) is 211 Å². The van der Waals surface area contributed by atoms with Crippen LogP contribution in [-0.2, 0) is 4.43 Å². The van der Waals surface area contributed by atoms with Crippen molar-refractivity contribution in [1.82, 2.24) is 41.7 Å². The number of hydrogen-bond acceptors (Lipinski definition) is 16. The summed E-state index contributed by atoms with van der Waals surface area (Å²) in [5, 5.41) is 26.0. The normalized spacial score (nSPS) is 28.3. The fourth-order valence-corrected chi connectivity index (χ4v) is 21.1. The van der Waals surface area contributed by atoms with Crippen molar-refractivity contribution in [2.45, 2.75) is 126 Å². The van der Waals surface area contributed by atoms with Gasteiger partial charge in [-0.1, -0.05) is 81.4 Å². The summed E-state index contributed by atoms with van der Waals surface area (Å²) < 4.78 is 12.4. The minimum Gasteiger partial charge on any atom is -0.404 e. The van der Waals surface area contributed by atoms with Gasteiger partial charge < -0.3 is 30.6 Å². The molecule has 19 heteroatoms. The number of fused-ring (bicyclic) bond motifs is 2. The summed E-state index contributed by atoms with van der Waals surface area (Å²) in [6.45, 7) is 17.5. The fourth-order valence-electron chi connectivity index (χ4n) is 12.0. The van der Waals surface area contributed by atoms with Gasteiger partial charge in [0.05, 0.1) is 69.0 Å². The van der Waals surface area contributed by atoms with E-state index >= 15 is 0 Å². The number of hydrogen-bond donors (Lipinski definition) is 7. The third kappa shape index (κ3) is 13.6. The zero-order valence-corrected chi connectivity index (χ0v) is 48.3. The molecule has 0 amide bonds. The molecular formula is C54H87N13OS4Si+2. The molecule has 8 aliphatic heterocycles. The number of nitrogens with one attached hydrogen (secondary N) is 6. The standard InChI is InChI=1S/C54H85N13OS4Si/c1-54(2,3)73(48-10-6-4-7-11-48,49-12-8-5-9-13-49)68-32-40-14-23-64-25-16-42(58-50(64)56-40)34-70-36-44-18-27-66-29-20-46(62-52(66)60-44)38-72-39-47-21-30-67-28-19-45(61-53(67)63-47)37-71-35-43-17-26-65-24-15-41(33-69-31-22-55)57-51(65)59-43/h4-13,40-47H,14-39,55H2,1-3H3,(H4,56,57,58,59,60,61,62,63)/p+2/t40-,41-,42-,43-,44-,45-,46-,47-/m1/s1. The highest BCUT2D eigenvalue weighted by Gasteiger charge is 2.51. The van der Waals surface area contributed by atoms with Crippen molar-refractivity contribution in [3.05, 3.63) is 60.7 Å². The summed E-state index contributed by atoms with van der Waals surface area (Å²) in [5.74, 6) is 13.6. The third-order valence-corrected chi connectivity index (χ3v) is 26.2. The number of rotatable bonds is 21. The van der Waals surface area contributed by atoms with Crippen LogP contribution in [0.5, 0.6) is 0 Å². The van der Waals surface area contributed by atoms with Gasteiger partial charge >= 0.3 is 11.9 Å². The lowest BCUT2D eigenvalue weighted by atomic mass is 10.1. The van der Waals surface area contributed by atoms with E-state index in [4.69, 9.17) is 20.1 Å². The molecule has 2 fully saturated rings. The Bertz CT molecular complexity index is 2200. The second kappa shape index (κ2) is 25.5. The van der Waals surface area contributed by atoms with Gasteiger partial charge in [0, 0.05) is 117 Å². The van der Waals surface area contributed by atoms with Gasteiger partial charge in [-0.2, -0.15) is 47.0 Å². The Morgan fingerprint density at radius 2 is 0.932 bits per heavy atom. The largest absolute Gasteiger partial charge is 0.404 e. The van der Waals surface area contributed by atoms with E-state index in [2.05, 4.69) is 168 Å². The summed E-state index contributed by atoms with van der Waals surface area (Å²) in [6.07, 6.45) is 9.36. The maximum atomic E-state index is 7.37. The van der Waals surface area contributed by atoms with Crippen LogP contribution in [0.15, 0.2) is 70.6 Å². The molecule has 10 rings (SSSR count). The van der Waals surface area contributed by atoms with Crippen LogP contribution in [0.25, 0.3) is 0 Å². The van der Waals surface area contributed by atoms with Gasteiger partial charge in [0.2, 0.25) is 0 Å². The Morgan fingerprint density at radius 3 is 1.38 bits per heavy atom. The van der Waals surface area contributed by atoms with Crippen molar-refractivity contribution in [2.24, 2.45) is 15.7 Å². The van der Waals surface area contributed by atoms with E-state index in [1.165, 1.54) is 54.4 Å². The molecule has 0 saturated carbocycles. The average molecular weight is 1090 g/mol. The molecule has 400 valence electrons. The van der Waals surface area contributed by atoms with Crippen LogP contribution in [0.4, 0.5) is 0 Å². The minimum absolute atomic E-state index is 0.0321. The highest BCUT2D eigenvalue weighted by Crippen LogP contribution is 2.37. The van der Waals surface area contributed by atoms with Crippen LogP contribution in [0.1, 0.15) is 72.1 Å². The Balaban J connectivity index is 0.628. The van der Waals surface area contributed by atoms with Crippen LogP contribution >= 0.6 is 47.0 Å². The van der Waals surface area contributed by atoms with Gasteiger partial charge in [-0.3, -0.25) is 30.4 Å². The molecule has 0 spiro atoms. The molecule has 0 unspecified atom stereocenters. The molecule has 8 N–H and O–H groups in total. The predicted molar refractivity (Wildman–Crippen MR) is 316 cm³/mol. The van der Waals surface area contributed by atoms with E-state index in [1.807, 2.05) is 11.8 Å². The molecule has 8 heterocycles. The summed E-state index contributed by atoms with van der Waals surface area (Å²) in [5.41, 5.74) is 5.73. The van der Waals surface area contributed by atoms with Crippen LogP contribution in [0.2, 0.25) is 5.04 Å². The molecule has 8 atom stereocenters. The van der Waals surface area contributed by atoms with Crippen LogP contribution < -0.4 is 48.0 Å². The monoisotopic (exact) mass is 1090 g/mol. The Hall–Kier alpha value is -2.94. The molecule has 14 nitrogen and oxygen atoms in total. The van der Waals surface area contributed by atoms with Crippen molar-refractivity contribution >= 4 is 89.6 Å². The maximum absolute atomic E-state index is 7.37. The highest BCUT2D eigenvalue weighted by molar-refractivity contribution is 8.00. The zero-order chi connectivity index (χ0) is 50.0. The number of guanidine groups is 4. The quantitative estimate of drug-likeness (QED) is 0.0559. The Kier molecular flexibility index (Phi) is 18.7. The zero-order valence-electron chi connectivity index (χ0n) is 44.1. The highest BCUT2D eigenvalue weighted by atomic mass is 32.2. The van der Waals surface area contributed by atoms with E-state index in [-0.39, 0.29) is 11.1 Å². The van der Waals surface area contributed by atoms with Crippen LogP contribution in [0, 0.1) is 0 Å². The van der Waals surface area contributed by atoms with Crippen molar-refractivity contribution in [3.63, 3.8) is 0 Å². The smallest absolute Gasteiger partial charge is 0.346 e. The van der Waals surface area contributed by atoms with E-state index < -0.39 is 8.32 Å². The summed E-state index contributed by atoms with van der Waals surface area (Å²) in [7, 11) is -2.59. The first-order valence-corrected chi connectivity index (χ1v) is 34.5. The lowest BCUT2D eigenvalue weighted by Crippen LogP contribution is -2.68. The van der Waals surface area contributed by atoms with E-state index in [0.717, 1.165) is 136 Å². The molecule has 73 heavy (non-hydrogen) atoms. The van der Waals surface area contributed by atoms with Crippen LogP contribution in [0.3, 0.4) is 0 Å². The second-order valence-electron chi connectivity index (χ2n) is 22.7. The van der Waals surface area contributed by atoms with Crippen molar-refractivity contribution < 1.29 is 13.6 Å². The first-order chi connectivity index (χ1) is 35.7. The number of benzene rings is 2. The molecule has 0 aromatic heterocycles. The first-order valence-electron chi connectivity index (χ1n) is 27.9. The number of nitrogens with zero attached hydrogens (tertiary/aromatic N) is 6. The molecule has 8 aliphatic rings. The topological polar surface area (TPSA) is 145 Å². The molecule has 2 aromatic rings. The predicted octanol–water partition coefficient (Wildman–Crippen LogP) is 3.22. The average Bonchev–Trinajstić information content (AvgIpc) is 3.41. The lowest BCUT2D eigenvalue weighted by molar-refractivity contribution is -0.542. The van der Waals surface area contributed by atoms with Gasteiger partial charge in [0.25, 0.3) is 8.32 Å². The molecule has 2 saturated heterocycles. The minimum atomic E-state index is -2.59. The Morgan fingerprint density at radius 1 is 0.534 bits per heavy atom. The number of nitrogens with two attached hydrogens (primary N) is 1. The van der Waals surface area contributed by atoms with Gasteiger partial charge in [-0.15, -0.1) is 0 Å². The molecule has 0 bridgehead atoms. The van der Waals surface area contributed by atoms with Crippen molar-refractivity contribution in [3.8, 4) is 0 Å². The summed E-state index contributed by atoms with van der Waals surface area (Å²) in [6, 6.07) is 25.6. The van der Waals surface area contributed by atoms with Gasteiger partial charge in [0.15, 0.2) is 11.9 Å².